The van der Waals surface area contributed by atoms with E-state index in [4.69, 9.17) is 4.74 Å². The molecule has 0 spiro atoms. The predicted molar refractivity (Wildman–Crippen MR) is 78.0 cm³/mol. The van der Waals surface area contributed by atoms with E-state index in [0.717, 1.165) is 11.0 Å². The number of ether oxygens (including phenoxy) is 1. The Balaban J connectivity index is 2.26. The molecular formula is C15H15BrFNO. The molecule has 0 saturated carbocycles. The van der Waals surface area contributed by atoms with Gasteiger partial charge in [-0.3, -0.25) is 0 Å². The minimum absolute atomic E-state index is 0.256. The topological polar surface area (TPSA) is 21.3 Å². The van der Waals surface area contributed by atoms with E-state index in [1.54, 1.807) is 12.1 Å². The largest absolute Gasteiger partial charge is 0.457 e. The van der Waals surface area contributed by atoms with Crippen molar-refractivity contribution in [2.24, 2.45) is 0 Å². The van der Waals surface area contributed by atoms with Gasteiger partial charge in [-0.15, -0.1) is 0 Å². The molecule has 19 heavy (non-hydrogen) atoms. The Kier molecular flexibility index (Phi) is 4.93. The monoisotopic (exact) mass is 323 g/mol. The van der Waals surface area contributed by atoms with Crippen molar-refractivity contribution < 1.29 is 9.13 Å². The Morgan fingerprint density at radius 2 is 2.00 bits per heavy atom. The first-order chi connectivity index (χ1) is 9.20. The third-order valence-electron chi connectivity index (χ3n) is 2.65. The van der Waals surface area contributed by atoms with E-state index >= 15 is 0 Å². The third kappa shape index (κ3) is 3.78. The smallest absolute Gasteiger partial charge is 0.134 e. The van der Waals surface area contributed by atoms with E-state index < -0.39 is 0 Å². The summed E-state index contributed by atoms with van der Waals surface area (Å²) in [5.74, 6) is 0.963. The summed E-state index contributed by atoms with van der Waals surface area (Å²) in [5.41, 5.74) is 0.546. The summed E-state index contributed by atoms with van der Waals surface area (Å²) < 4.78 is 20.5. The van der Waals surface area contributed by atoms with Crippen LogP contribution in [0, 0.1) is 5.82 Å². The Labute approximate surface area is 120 Å². The molecule has 2 aromatic carbocycles. The lowest BCUT2D eigenvalue weighted by Crippen LogP contribution is -2.13. The van der Waals surface area contributed by atoms with Crippen LogP contribution in [-0.2, 0) is 6.54 Å². The van der Waals surface area contributed by atoms with Gasteiger partial charge < -0.3 is 10.1 Å². The molecule has 0 radical (unpaired) electrons. The van der Waals surface area contributed by atoms with Gasteiger partial charge in [0, 0.05) is 16.6 Å². The highest BCUT2D eigenvalue weighted by molar-refractivity contribution is 9.10. The summed E-state index contributed by atoms with van der Waals surface area (Å²) >= 11 is 3.38. The van der Waals surface area contributed by atoms with E-state index in [1.165, 1.54) is 6.07 Å². The number of nitrogens with one attached hydrogen (secondary N) is 1. The lowest BCUT2D eigenvalue weighted by atomic mass is 10.2. The lowest BCUT2D eigenvalue weighted by Gasteiger charge is -2.12. The van der Waals surface area contributed by atoms with Gasteiger partial charge in [0.15, 0.2) is 0 Å². The summed E-state index contributed by atoms with van der Waals surface area (Å²) in [6.45, 7) is 3.22. The minimum Gasteiger partial charge on any atom is -0.457 e. The molecule has 2 aromatic rings. The van der Waals surface area contributed by atoms with Gasteiger partial charge in [0.2, 0.25) is 0 Å². The van der Waals surface area contributed by atoms with Crippen molar-refractivity contribution in [3.63, 3.8) is 0 Å². The van der Waals surface area contributed by atoms with E-state index in [2.05, 4.69) is 21.2 Å². The highest BCUT2D eigenvalue weighted by atomic mass is 79.9. The lowest BCUT2D eigenvalue weighted by molar-refractivity contribution is 0.462. The van der Waals surface area contributed by atoms with Crippen LogP contribution < -0.4 is 10.1 Å². The number of hydrogen-bond donors (Lipinski definition) is 1. The van der Waals surface area contributed by atoms with Crippen LogP contribution in [-0.4, -0.2) is 6.54 Å². The van der Waals surface area contributed by atoms with Crippen LogP contribution in [0.4, 0.5) is 4.39 Å². The Hall–Kier alpha value is -1.39. The van der Waals surface area contributed by atoms with E-state index in [1.807, 2.05) is 31.2 Å². The average Bonchev–Trinajstić information content (AvgIpc) is 2.38. The third-order valence-corrected chi connectivity index (χ3v) is 3.14. The van der Waals surface area contributed by atoms with Crippen molar-refractivity contribution in [3.8, 4) is 11.5 Å². The van der Waals surface area contributed by atoms with Crippen molar-refractivity contribution >= 4 is 15.9 Å². The quantitative estimate of drug-likeness (QED) is 0.875. The first-order valence-electron chi connectivity index (χ1n) is 6.12. The highest BCUT2D eigenvalue weighted by Crippen LogP contribution is 2.28. The van der Waals surface area contributed by atoms with Gasteiger partial charge in [-0.25, -0.2) is 4.39 Å². The molecule has 0 aliphatic heterocycles. The average molecular weight is 324 g/mol. The SMILES string of the molecule is CCNCc1c(F)cccc1Oc1cccc(Br)c1. The van der Waals surface area contributed by atoms with Crippen LogP contribution in [0.3, 0.4) is 0 Å². The van der Waals surface area contributed by atoms with Crippen molar-refractivity contribution in [2.45, 2.75) is 13.5 Å². The molecule has 0 bridgehead atoms. The van der Waals surface area contributed by atoms with E-state index in [9.17, 15) is 4.39 Å². The highest BCUT2D eigenvalue weighted by Gasteiger charge is 2.10. The summed E-state index contributed by atoms with van der Waals surface area (Å²) in [6, 6.07) is 12.4. The molecule has 0 aliphatic carbocycles. The molecule has 0 saturated heterocycles. The molecule has 0 fully saturated rings. The molecule has 2 nitrogen and oxygen atoms in total. The van der Waals surface area contributed by atoms with Gasteiger partial charge in [0.05, 0.1) is 0 Å². The summed E-state index contributed by atoms with van der Waals surface area (Å²) in [7, 11) is 0. The maximum absolute atomic E-state index is 13.8. The van der Waals surface area contributed by atoms with Crippen molar-refractivity contribution in [1.29, 1.82) is 0 Å². The summed E-state index contributed by atoms with van der Waals surface area (Å²) in [6.07, 6.45) is 0. The molecule has 4 heteroatoms. The zero-order chi connectivity index (χ0) is 13.7. The molecule has 0 atom stereocenters. The molecule has 100 valence electrons. The molecule has 0 heterocycles. The van der Waals surface area contributed by atoms with Gasteiger partial charge in [0.1, 0.15) is 17.3 Å². The first-order valence-corrected chi connectivity index (χ1v) is 6.91. The van der Waals surface area contributed by atoms with Crippen LogP contribution in [0.15, 0.2) is 46.9 Å². The van der Waals surface area contributed by atoms with Crippen molar-refractivity contribution in [3.05, 3.63) is 58.3 Å². The van der Waals surface area contributed by atoms with E-state index in [-0.39, 0.29) is 5.82 Å². The van der Waals surface area contributed by atoms with Gasteiger partial charge in [0.25, 0.3) is 0 Å². The number of hydrogen-bond acceptors (Lipinski definition) is 2. The van der Waals surface area contributed by atoms with Gasteiger partial charge in [-0.05, 0) is 36.9 Å². The second-order valence-corrected chi connectivity index (χ2v) is 4.97. The zero-order valence-corrected chi connectivity index (χ0v) is 12.2. The van der Waals surface area contributed by atoms with Gasteiger partial charge in [-0.2, -0.15) is 0 Å². The van der Waals surface area contributed by atoms with Crippen LogP contribution in [0.2, 0.25) is 0 Å². The fourth-order valence-corrected chi connectivity index (χ4v) is 2.09. The Bertz CT molecular complexity index is 560. The van der Waals surface area contributed by atoms with Gasteiger partial charge in [-0.1, -0.05) is 35.0 Å². The molecule has 2 rings (SSSR count). The fraction of sp³-hybridized carbons (Fsp3) is 0.200. The predicted octanol–water partition coefficient (Wildman–Crippen LogP) is 4.49. The normalized spacial score (nSPS) is 10.5. The Morgan fingerprint density at radius 3 is 2.74 bits per heavy atom. The Morgan fingerprint density at radius 1 is 1.21 bits per heavy atom. The maximum atomic E-state index is 13.8. The minimum atomic E-state index is -0.256. The molecule has 0 aromatic heterocycles. The fourth-order valence-electron chi connectivity index (χ4n) is 1.71. The molecule has 0 unspecified atom stereocenters. The molecule has 0 aliphatic rings. The van der Waals surface area contributed by atoms with Crippen LogP contribution in [0.5, 0.6) is 11.5 Å². The van der Waals surface area contributed by atoms with E-state index in [0.29, 0.717) is 23.6 Å². The van der Waals surface area contributed by atoms with Crippen LogP contribution in [0.1, 0.15) is 12.5 Å². The standard InChI is InChI=1S/C15H15BrFNO/c1-2-18-10-13-14(17)7-4-8-15(13)19-12-6-3-5-11(16)9-12/h3-9,18H,2,10H2,1H3. The molecular weight excluding hydrogens is 309 g/mol. The molecule has 1 N–H and O–H groups in total. The second kappa shape index (κ2) is 6.68. The molecule has 0 amide bonds. The number of rotatable bonds is 5. The van der Waals surface area contributed by atoms with Crippen molar-refractivity contribution in [1.82, 2.24) is 5.32 Å². The van der Waals surface area contributed by atoms with Gasteiger partial charge >= 0.3 is 0 Å². The van der Waals surface area contributed by atoms with Crippen LogP contribution in [0.25, 0.3) is 0 Å². The number of halogens is 2. The first kappa shape index (κ1) is 14.0. The zero-order valence-electron chi connectivity index (χ0n) is 10.6. The van der Waals surface area contributed by atoms with Crippen LogP contribution >= 0.6 is 15.9 Å². The maximum Gasteiger partial charge on any atom is 0.134 e. The summed E-state index contributed by atoms with van der Waals surface area (Å²) in [5, 5.41) is 3.11. The number of benzene rings is 2. The van der Waals surface area contributed by atoms with Crippen molar-refractivity contribution in [2.75, 3.05) is 6.54 Å². The summed E-state index contributed by atoms with van der Waals surface area (Å²) in [4.78, 5) is 0. The second-order valence-electron chi connectivity index (χ2n) is 4.06.